The van der Waals surface area contributed by atoms with Crippen LogP contribution in [0.1, 0.15) is 31.0 Å². The van der Waals surface area contributed by atoms with Crippen LogP contribution >= 0.6 is 0 Å². The average Bonchev–Trinajstić information content (AvgIpc) is 3.04. The van der Waals surface area contributed by atoms with Gasteiger partial charge in [-0.05, 0) is 38.0 Å². The van der Waals surface area contributed by atoms with Gasteiger partial charge >= 0.3 is 0 Å². The van der Waals surface area contributed by atoms with Crippen LogP contribution in [-0.4, -0.2) is 25.6 Å². The van der Waals surface area contributed by atoms with Crippen LogP contribution in [0.2, 0.25) is 0 Å². The van der Waals surface area contributed by atoms with E-state index in [1.807, 2.05) is 54.3 Å². The molecule has 0 bridgehead atoms. The Kier molecular flexibility index (Phi) is 4.86. The lowest BCUT2D eigenvalue weighted by Gasteiger charge is -2.26. The molecule has 0 saturated carbocycles. The minimum absolute atomic E-state index is 0.0259. The summed E-state index contributed by atoms with van der Waals surface area (Å²) in [5, 5.41) is 3.41. The summed E-state index contributed by atoms with van der Waals surface area (Å²) in [5.74, 6) is 0.949. The summed E-state index contributed by atoms with van der Waals surface area (Å²) in [5.41, 5.74) is 3.35. The number of rotatable bonds is 5. The highest BCUT2D eigenvalue weighted by Gasteiger charge is 2.28. The zero-order valence-corrected chi connectivity index (χ0v) is 14.5. The predicted octanol–water partition coefficient (Wildman–Crippen LogP) is 3.32. The molecule has 1 heterocycles. The number of carbonyl (C=O) groups excluding carboxylic acids is 1. The van der Waals surface area contributed by atoms with Crippen molar-refractivity contribution in [3.05, 3.63) is 59.7 Å². The third-order valence-corrected chi connectivity index (χ3v) is 4.63. The van der Waals surface area contributed by atoms with Crippen LogP contribution in [0.25, 0.3) is 0 Å². The summed E-state index contributed by atoms with van der Waals surface area (Å²) in [6.07, 6.45) is 0.927. The monoisotopic (exact) mass is 324 g/mol. The average molecular weight is 324 g/mol. The molecule has 0 fully saturated rings. The minimum Gasteiger partial charge on any atom is -0.496 e. The molecule has 0 saturated heterocycles. The van der Waals surface area contributed by atoms with Crippen molar-refractivity contribution >= 4 is 11.6 Å². The van der Waals surface area contributed by atoms with E-state index in [1.54, 1.807) is 7.11 Å². The van der Waals surface area contributed by atoms with Crippen molar-refractivity contribution in [2.75, 3.05) is 18.6 Å². The van der Waals surface area contributed by atoms with Crippen molar-refractivity contribution in [1.29, 1.82) is 0 Å². The first kappa shape index (κ1) is 16.5. The molecule has 0 aromatic heterocycles. The molecule has 0 aliphatic carbocycles. The van der Waals surface area contributed by atoms with E-state index in [1.165, 1.54) is 5.56 Å². The van der Waals surface area contributed by atoms with Crippen LogP contribution in [-0.2, 0) is 11.2 Å². The van der Waals surface area contributed by atoms with Gasteiger partial charge in [-0.15, -0.1) is 0 Å². The molecule has 2 aromatic rings. The van der Waals surface area contributed by atoms with Crippen LogP contribution in [0.3, 0.4) is 0 Å². The van der Waals surface area contributed by atoms with Crippen LogP contribution < -0.4 is 15.0 Å². The molecular weight excluding hydrogens is 300 g/mol. The van der Waals surface area contributed by atoms with E-state index in [4.69, 9.17) is 4.74 Å². The Bertz CT molecular complexity index is 729. The highest BCUT2D eigenvalue weighted by Crippen LogP contribution is 2.29. The molecular formula is C20H24N2O2. The van der Waals surface area contributed by atoms with Gasteiger partial charge in [0.2, 0.25) is 5.91 Å². The van der Waals surface area contributed by atoms with Crippen LogP contribution in [0.4, 0.5) is 5.69 Å². The van der Waals surface area contributed by atoms with Crippen molar-refractivity contribution < 1.29 is 9.53 Å². The number of nitrogens with one attached hydrogen (secondary N) is 1. The van der Waals surface area contributed by atoms with Gasteiger partial charge in [-0.25, -0.2) is 0 Å². The van der Waals surface area contributed by atoms with Crippen LogP contribution in [0.15, 0.2) is 48.5 Å². The maximum atomic E-state index is 12.9. The second-order valence-electron chi connectivity index (χ2n) is 6.22. The van der Waals surface area contributed by atoms with Gasteiger partial charge in [0.1, 0.15) is 5.75 Å². The topological polar surface area (TPSA) is 41.6 Å². The number of carbonyl (C=O) groups is 1. The third kappa shape index (κ3) is 3.15. The summed E-state index contributed by atoms with van der Waals surface area (Å²) in [7, 11) is 1.67. The van der Waals surface area contributed by atoms with Gasteiger partial charge in [0, 0.05) is 23.8 Å². The van der Waals surface area contributed by atoms with Gasteiger partial charge in [0.05, 0.1) is 13.2 Å². The molecule has 0 unspecified atom stereocenters. The molecule has 2 atom stereocenters. The third-order valence-electron chi connectivity index (χ3n) is 4.63. The predicted molar refractivity (Wildman–Crippen MR) is 96.5 cm³/mol. The number of hydrogen-bond acceptors (Lipinski definition) is 3. The lowest BCUT2D eigenvalue weighted by atomic mass is 10.1. The highest BCUT2D eigenvalue weighted by atomic mass is 16.5. The molecule has 1 N–H and O–H groups in total. The van der Waals surface area contributed by atoms with E-state index >= 15 is 0 Å². The maximum absolute atomic E-state index is 12.9. The molecule has 1 aliphatic rings. The lowest BCUT2D eigenvalue weighted by molar-refractivity contribution is -0.120. The lowest BCUT2D eigenvalue weighted by Crippen LogP contribution is -2.45. The SMILES string of the molecule is COc1ccccc1[C@H](C)N[C@@H](C)C(=O)N1CCc2ccccc21. The fourth-order valence-corrected chi connectivity index (χ4v) is 3.36. The van der Waals surface area contributed by atoms with E-state index in [2.05, 4.69) is 18.3 Å². The number of benzene rings is 2. The zero-order chi connectivity index (χ0) is 17.1. The smallest absolute Gasteiger partial charge is 0.243 e. The largest absolute Gasteiger partial charge is 0.496 e. The number of methoxy groups -OCH3 is 1. The second-order valence-corrected chi connectivity index (χ2v) is 6.22. The zero-order valence-electron chi connectivity index (χ0n) is 14.5. The second kappa shape index (κ2) is 7.05. The first-order chi connectivity index (χ1) is 11.6. The van der Waals surface area contributed by atoms with Gasteiger partial charge in [-0.1, -0.05) is 36.4 Å². The Balaban J connectivity index is 1.71. The number of hydrogen-bond donors (Lipinski definition) is 1. The fraction of sp³-hybridized carbons (Fsp3) is 0.350. The highest BCUT2D eigenvalue weighted by molar-refractivity contribution is 5.98. The fourth-order valence-electron chi connectivity index (χ4n) is 3.36. The summed E-state index contributed by atoms with van der Waals surface area (Å²) < 4.78 is 5.42. The maximum Gasteiger partial charge on any atom is 0.243 e. The molecule has 4 heteroatoms. The van der Waals surface area contributed by atoms with Gasteiger partial charge in [-0.2, -0.15) is 0 Å². The molecule has 1 aliphatic heterocycles. The van der Waals surface area contributed by atoms with E-state index in [0.717, 1.165) is 30.0 Å². The number of ether oxygens (including phenoxy) is 1. The van der Waals surface area contributed by atoms with E-state index in [9.17, 15) is 4.79 Å². The van der Waals surface area contributed by atoms with Gasteiger partial charge in [0.25, 0.3) is 0 Å². The van der Waals surface area contributed by atoms with Crippen molar-refractivity contribution in [2.45, 2.75) is 32.4 Å². The number of fused-ring (bicyclic) bond motifs is 1. The Hall–Kier alpha value is -2.33. The van der Waals surface area contributed by atoms with E-state index < -0.39 is 0 Å². The van der Waals surface area contributed by atoms with Crippen molar-refractivity contribution in [2.24, 2.45) is 0 Å². The molecule has 1 amide bonds. The summed E-state index contributed by atoms with van der Waals surface area (Å²) in [4.78, 5) is 14.8. The summed E-state index contributed by atoms with van der Waals surface area (Å²) >= 11 is 0. The molecule has 2 aromatic carbocycles. The standard InChI is InChI=1S/C20H24N2O2/c1-14(17-9-5-7-11-19(17)24-3)21-15(2)20(23)22-13-12-16-8-4-6-10-18(16)22/h4-11,14-15,21H,12-13H2,1-3H3/t14-,15-/m0/s1. The first-order valence-corrected chi connectivity index (χ1v) is 8.40. The number of amides is 1. The molecule has 126 valence electrons. The number of para-hydroxylation sites is 2. The van der Waals surface area contributed by atoms with Gasteiger partial charge in [0.15, 0.2) is 0 Å². The number of anilines is 1. The van der Waals surface area contributed by atoms with Crippen molar-refractivity contribution in [3.8, 4) is 5.75 Å². The van der Waals surface area contributed by atoms with Crippen molar-refractivity contribution in [1.82, 2.24) is 5.32 Å². The minimum atomic E-state index is -0.268. The summed E-state index contributed by atoms with van der Waals surface area (Å²) in [6.45, 7) is 4.74. The Labute approximate surface area is 143 Å². The van der Waals surface area contributed by atoms with Crippen molar-refractivity contribution in [3.63, 3.8) is 0 Å². The molecule has 3 rings (SSSR count). The van der Waals surface area contributed by atoms with Gasteiger partial charge in [-0.3, -0.25) is 10.1 Å². The molecule has 24 heavy (non-hydrogen) atoms. The molecule has 4 nitrogen and oxygen atoms in total. The Morgan fingerprint density at radius 1 is 1.12 bits per heavy atom. The quantitative estimate of drug-likeness (QED) is 0.917. The van der Waals surface area contributed by atoms with E-state index in [0.29, 0.717) is 0 Å². The number of nitrogens with zero attached hydrogens (tertiary/aromatic N) is 1. The normalized spacial score (nSPS) is 15.7. The Morgan fingerprint density at radius 2 is 1.83 bits per heavy atom. The first-order valence-electron chi connectivity index (χ1n) is 8.40. The molecule has 0 spiro atoms. The summed E-state index contributed by atoms with van der Waals surface area (Å²) in [6, 6.07) is 15.8. The van der Waals surface area contributed by atoms with Crippen LogP contribution in [0.5, 0.6) is 5.75 Å². The van der Waals surface area contributed by atoms with E-state index in [-0.39, 0.29) is 18.0 Å². The van der Waals surface area contributed by atoms with Crippen LogP contribution in [0, 0.1) is 0 Å². The Morgan fingerprint density at radius 3 is 2.62 bits per heavy atom. The molecule has 0 radical (unpaired) electrons. The van der Waals surface area contributed by atoms with Gasteiger partial charge < -0.3 is 9.64 Å².